The van der Waals surface area contributed by atoms with Gasteiger partial charge in [-0.05, 0) is 42.7 Å². The summed E-state index contributed by atoms with van der Waals surface area (Å²) in [5, 5.41) is 11.9. The number of aromatic nitrogens is 2. The van der Waals surface area contributed by atoms with Crippen LogP contribution in [0.5, 0.6) is 0 Å². The van der Waals surface area contributed by atoms with Gasteiger partial charge < -0.3 is 40.1 Å². The van der Waals surface area contributed by atoms with Crippen LogP contribution in [-0.4, -0.2) is 139 Å². The van der Waals surface area contributed by atoms with Gasteiger partial charge in [0.05, 0.1) is 39.8 Å². The number of urea groups is 1. The number of nitrogens with one attached hydrogen (secondary N) is 3. The molecule has 0 bridgehead atoms. The summed E-state index contributed by atoms with van der Waals surface area (Å²) >= 11 is 2.88. The Morgan fingerprint density at radius 3 is 2.08 bits per heavy atom. The summed E-state index contributed by atoms with van der Waals surface area (Å²) < 4.78 is 29.3. The number of phosphoric acid groups is 1. The van der Waals surface area contributed by atoms with Gasteiger partial charge in [-0.25, -0.2) is 19.1 Å². The fourth-order valence-corrected chi connectivity index (χ4v) is 8.04. The molecule has 20 heteroatoms. The van der Waals surface area contributed by atoms with E-state index >= 15 is 0 Å². The number of carbonyl (C=O) groups excluding carboxylic acids is 3. The number of nitrogens with zero attached hydrogens (tertiary/aromatic N) is 3. The molecule has 4 aromatic rings. The van der Waals surface area contributed by atoms with Gasteiger partial charge in [-0.3, -0.25) is 14.3 Å². The zero-order valence-electron chi connectivity index (χ0n) is 34.4. The molecule has 61 heavy (non-hydrogen) atoms. The van der Waals surface area contributed by atoms with Crippen molar-refractivity contribution in [2.45, 2.75) is 116 Å². The second kappa shape index (κ2) is 27.9. The first-order valence-electron chi connectivity index (χ1n) is 19.6. The summed E-state index contributed by atoms with van der Waals surface area (Å²) in [7, 11) is -3.37. The number of benzene rings is 2. The van der Waals surface area contributed by atoms with Crippen molar-refractivity contribution in [1.82, 2.24) is 30.8 Å². The minimum atomic E-state index is -5.01. The van der Waals surface area contributed by atoms with Crippen LogP contribution in [-0.2, 0) is 49.4 Å². The van der Waals surface area contributed by atoms with Gasteiger partial charge in [0.15, 0.2) is 6.29 Å². The molecule has 15 nitrogen and oxygen atoms in total. The van der Waals surface area contributed by atoms with E-state index in [0.29, 0.717) is 12.8 Å². The Balaban J connectivity index is 0.00000641. The molecule has 0 radical (unpaired) electrons. The second-order valence-corrected chi connectivity index (χ2v) is 18.0. The van der Waals surface area contributed by atoms with E-state index in [0.717, 1.165) is 26.7 Å². The zero-order valence-corrected chi connectivity index (χ0v) is 36.9. The zero-order chi connectivity index (χ0) is 43.0. The minimum absolute atomic E-state index is 0. The number of carbonyl (C=O) groups is 3. The third-order valence-electron chi connectivity index (χ3n) is 9.21. The molecule has 0 spiro atoms. The molecule has 1 unspecified atom stereocenters. The molecule has 0 aliphatic heterocycles. The quantitative estimate of drug-likeness (QED) is 0.0339. The van der Waals surface area contributed by atoms with Gasteiger partial charge in [-0.15, -0.1) is 22.7 Å². The second-order valence-electron chi connectivity index (χ2n) is 15.0. The fraction of sp³-hybridized carbons (Fsp3) is 0.488. The third kappa shape index (κ3) is 20.0. The molecule has 0 aliphatic rings. The van der Waals surface area contributed by atoms with E-state index in [4.69, 9.17) is 14.0 Å². The number of rotatable bonds is 23. The Bertz CT molecular complexity index is 1930. The number of hydrogen-bond donors (Lipinski definition) is 5. The van der Waals surface area contributed by atoms with Gasteiger partial charge in [0.25, 0.3) is 0 Å². The molecular weight excluding hydrogens is 862 g/mol. The van der Waals surface area contributed by atoms with Crippen LogP contribution in [0, 0.1) is 5.92 Å². The summed E-state index contributed by atoms with van der Waals surface area (Å²) in [6.07, 6.45) is -0.306. The predicted molar refractivity (Wildman–Crippen MR) is 242 cm³/mol. The van der Waals surface area contributed by atoms with Crippen molar-refractivity contribution in [3.8, 4) is 0 Å². The molecule has 0 saturated carbocycles. The molecule has 2 aromatic heterocycles. The average Bonchev–Trinajstić information content (AvgIpc) is 3.89. The van der Waals surface area contributed by atoms with Crippen molar-refractivity contribution in [1.29, 1.82) is 0 Å². The summed E-state index contributed by atoms with van der Waals surface area (Å²) in [4.78, 5) is 71.8. The van der Waals surface area contributed by atoms with Crippen LogP contribution in [0.25, 0.3) is 0 Å². The van der Waals surface area contributed by atoms with Crippen LogP contribution in [0.2, 0.25) is 0 Å². The van der Waals surface area contributed by atoms with E-state index in [2.05, 4.69) is 39.8 Å². The molecule has 5 N–H and O–H groups in total. The maximum absolute atomic E-state index is 14.3. The summed E-state index contributed by atoms with van der Waals surface area (Å²) in [6, 6.07) is 16.0. The van der Waals surface area contributed by atoms with Crippen LogP contribution in [0.3, 0.4) is 0 Å². The molecule has 0 fully saturated rings. The van der Waals surface area contributed by atoms with Gasteiger partial charge >= 0.3 is 79.1 Å². The number of alkyl carbamates (subject to hydrolysis) is 1. The Hall–Kier alpha value is -2.22. The van der Waals surface area contributed by atoms with Crippen molar-refractivity contribution < 1.29 is 42.7 Å². The average molecular weight is 921 g/mol. The van der Waals surface area contributed by atoms with Crippen LogP contribution in [0.4, 0.5) is 9.59 Å². The Labute approximate surface area is 411 Å². The van der Waals surface area contributed by atoms with Crippen LogP contribution >= 0.6 is 30.5 Å². The summed E-state index contributed by atoms with van der Waals surface area (Å²) in [5.74, 6) is -0.487. The first-order chi connectivity index (χ1) is 28.1. The number of hydrogen-bond acceptors (Lipinski definition) is 11. The normalized spacial score (nSPS) is 13.8. The molecule has 2 heterocycles. The van der Waals surface area contributed by atoms with Gasteiger partial charge in [0, 0.05) is 30.6 Å². The molecule has 2 aromatic carbocycles. The molecule has 4 rings (SSSR count). The number of phosphoric ester groups is 1. The molecular formula is C41H59N6Na2O9PS2. The molecule has 5 atom stereocenters. The van der Waals surface area contributed by atoms with Gasteiger partial charge in [0.2, 0.25) is 5.91 Å². The first kappa shape index (κ1) is 54.9. The van der Waals surface area contributed by atoms with Crippen molar-refractivity contribution in [2.75, 3.05) is 7.05 Å². The van der Waals surface area contributed by atoms with E-state index in [1.54, 1.807) is 30.1 Å². The third-order valence-corrected chi connectivity index (χ3v) is 11.7. The first-order valence-corrected chi connectivity index (χ1v) is 22.9. The number of ether oxygens (including phenoxy) is 2. The van der Waals surface area contributed by atoms with Crippen molar-refractivity contribution >= 4 is 108 Å². The van der Waals surface area contributed by atoms with E-state index in [9.17, 15) is 28.7 Å². The van der Waals surface area contributed by atoms with Crippen LogP contribution in [0.15, 0.2) is 77.8 Å². The van der Waals surface area contributed by atoms with Crippen LogP contribution in [0.1, 0.15) is 86.5 Å². The molecule has 0 aliphatic carbocycles. The Kier molecular flexibility index (Phi) is 25.1. The van der Waals surface area contributed by atoms with Crippen LogP contribution < -0.4 is 16.0 Å². The van der Waals surface area contributed by atoms with E-state index in [1.807, 2.05) is 86.8 Å². The SMILES string of the molecule is CCCC(O[C@@H](C[C@H](Cc1ccccc1)NC(=O)[C@@H](NC(=O)N(C)Cc1csc(C(C)C)n1)C(C)C)[C@H](Cc1ccccc1)NC(=O)OCc1cncs1)OP(=O)(O)O.[NaH].[NaH]. The fourth-order valence-electron chi connectivity index (χ4n) is 6.25. The maximum atomic E-state index is 14.3. The molecule has 4 amide bonds. The number of amides is 4. The van der Waals surface area contributed by atoms with E-state index in [-0.39, 0.29) is 103 Å². The van der Waals surface area contributed by atoms with Crippen molar-refractivity contribution in [2.24, 2.45) is 5.92 Å². The predicted octanol–water partition coefficient (Wildman–Crippen LogP) is 5.87. The summed E-state index contributed by atoms with van der Waals surface area (Å²) in [5.41, 5.74) is 4.11. The topological polar surface area (TPSA) is 202 Å². The number of thiazole rings is 2. The van der Waals surface area contributed by atoms with E-state index in [1.165, 1.54) is 16.2 Å². The van der Waals surface area contributed by atoms with Gasteiger partial charge in [-0.1, -0.05) is 102 Å². The standard InChI is InChI=1S/C41H57N6O9PS2.2Na.2H/c1-7-14-36(56-57(51,52)53)55-35(34(20-30-17-12-9-13-18-30)45-41(50)54-24-33-22-42-26-59-33)21-31(19-29-15-10-8-11-16-29)43-38(48)37(27(2)3)46-40(49)47(6)23-32-25-58-39(44-32)28(4)5;;;;/h8-13,15-18,22,25-28,31,34-37H,7,14,19-21,23-24H2,1-6H3,(H,43,48)(H,45,50)(H,46,49)(H2,51,52,53);;;;/t31-,34-,35-,36?,37-;;;;/m0..../s1. The monoisotopic (exact) mass is 920 g/mol. The van der Waals surface area contributed by atoms with E-state index < -0.39 is 56.4 Å². The molecule has 326 valence electrons. The van der Waals surface area contributed by atoms with Gasteiger partial charge in [-0.2, -0.15) is 0 Å². The summed E-state index contributed by atoms with van der Waals surface area (Å²) in [6.45, 7) is 9.85. The Morgan fingerprint density at radius 2 is 1.54 bits per heavy atom. The van der Waals surface area contributed by atoms with Gasteiger partial charge in [0.1, 0.15) is 12.6 Å². The Morgan fingerprint density at radius 1 is 0.902 bits per heavy atom. The van der Waals surface area contributed by atoms with Crippen molar-refractivity contribution in [3.63, 3.8) is 0 Å². The molecule has 0 saturated heterocycles. The van der Waals surface area contributed by atoms with Crippen molar-refractivity contribution in [3.05, 3.63) is 104 Å².